The predicted molar refractivity (Wildman–Crippen MR) is 35.0 cm³/mol. The average Bonchev–Trinajstić information content (AvgIpc) is 1.82. The van der Waals surface area contributed by atoms with E-state index in [4.69, 9.17) is 0 Å². The molecule has 0 aliphatic heterocycles. The number of nitrogens with zero attached hydrogens (tertiary/aromatic N) is 1. The molecule has 1 rings (SSSR count). The van der Waals surface area contributed by atoms with Crippen molar-refractivity contribution in [2.45, 2.75) is 6.92 Å². The topological polar surface area (TPSA) is 52.2 Å². The number of rotatable bonds is 0. The maximum Gasteiger partial charge on any atom is 0.421 e. The largest absolute Gasteiger partial charge is 0.421 e. The van der Waals surface area contributed by atoms with Crippen LogP contribution in [0.15, 0.2) is 20.1 Å². The van der Waals surface area contributed by atoms with E-state index in [1.165, 1.54) is 13.1 Å². The van der Waals surface area contributed by atoms with E-state index in [1.54, 1.807) is 6.92 Å². The van der Waals surface area contributed by atoms with E-state index in [2.05, 4.69) is 4.42 Å². The Kier molecular flexibility index (Phi) is 1.45. The van der Waals surface area contributed by atoms with E-state index in [0.717, 1.165) is 4.57 Å². The van der Waals surface area contributed by atoms with Crippen molar-refractivity contribution in [1.82, 2.24) is 4.57 Å². The quantitative estimate of drug-likeness (QED) is 0.496. The predicted octanol–water partition coefficient (Wildman–Crippen LogP) is -0.353. The van der Waals surface area contributed by atoms with Crippen molar-refractivity contribution >= 4 is 0 Å². The van der Waals surface area contributed by atoms with E-state index in [-0.39, 0.29) is 5.56 Å². The second kappa shape index (κ2) is 2.13. The van der Waals surface area contributed by atoms with Crippen molar-refractivity contribution in [2.24, 2.45) is 7.05 Å². The Morgan fingerprint density at radius 3 is 2.60 bits per heavy atom. The van der Waals surface area contributed by atoms with Gasteiger partial charge in [0.1, 0.15) is 5.76 Å². The maximum absolute atomic E-state index is 10.8. The van der Waals surface area contributed by atoms with Crippen LogP contribution in [0, 0.1) is 6.92 Å². The van der Waals surface area contributed by atoms with Crippen LogP contribution in [0.25, 0.3) is 0 Å². The lowest BCUT2D eigenvalue weighted by Crippen LogP contribution is -2.29. The fourth-order valence-electron chi connectivity index (χ4n) is 0.596. The molecule has 54 valence electrons. The Morgan fingerprint density at radius 1 is 1.50 bits per heavy atom. The molecule has 0 aliphatic carbocycles. The molecule has 0 aromatic carbocycles. The van der Waals surface area contributed by atoms with Crippen LogP contribution in [0.4, 0.5) is 0 Å². The second-order valence-corrected chi connectivity index (χ2v) is 2.02. The summed E-state index contributed by atoms with van der Waals surface area (Å²) in [6.45, 7) is 1.56. The molecule has 0 unspecified atom stereocenters. The van der Waals surface area contributed by atoms with Gasteiger partial charge in [0.2, 0.25) is 0 Å². The van der Waals surface area contributed by atoms with Crippen molar-refractivity contribution < 1.29 is 4.42 Å². The molecule has 0 N–H and O–H groups in total. The van der Waals surface area contributed by atoms with E-state index in [0.29, 0.717) is 5.76 Å². The summed E-state index contributed by atoms with van der Waals surface area (Å²) in [6.07, 6.45) is 0. The highest BCUT2D eigenvalue weighted by atomic mass is 16.4. The summed E-state index contributed by atoms with van der Waals surface area (Å²) in [5, 5.41) is 0. The van der Waals surface area contributed by atoms with Gasteiger partial charge in [-0.15, -0.1) is 0 Å². The van der Waals surface area contributed by atoms with Gasteiger partial charge in [0, 0.05) is 13.1 Å². The molecule has 1 aromatic heterocycles. The SMILES string of the molecule is Cc1cc(=O)n(C)c(=O)o1. The Labute approximate surface area is 56.7 Å². The van der Waals surface area contributed by atoms with Crippen LogP contribution in [-0.4, -0.2) is 4.57 Å². The lowest BCUT2D eigenvalue weighted by Gasteiger charge is -1.92. The number of hydrogen-bond acceptors (Lipinski definition) is 3. The molecule has 0 saturated heterocycles. The molecule has 1 heterocycles. The monoisotopic (exact) mass is 141 g/mol. The molecule has 0 aliphatic rings. The Morgan fingerprint density at radius 2 is 2.10 bits per heavy atom. The fraction of sp³-hybridized carbons (Fsp3) is 0.333. The lowest BCUT2D eigenvalue weighted by atomic mass is 10.5. The first-order chi connectivity index (χ1) is 4.61. The summed E-state index contributed by atoms with van der Waals surface area (Å²) < 4.78 is 5.51. The summed E-state index contributed by atoms with van der Waals surface area (Å²) in [5.41, 5.74) is -0.339. The molecule has 1 aromatic rings. The summed E-state index contributed by atoms with van der Waals surface area (Å²) in [7, 11) is 1.37. The van der Waals surface area contributed by atoms with Crippen LogP contribution in [0.1, 0.15) is 5.76 Å². The molecule has 0 radical (unpaired) electrons. The minimum Gasteiger partial charge on any atom is -0.415 e. The normalized spacial score (nSPS) is 9.80. The highest BCUT2D eigenvalue weighted by Crippen LogP contribution is 1.82. The van der Waals surface area contributed by atoms with Gasteiger partial charge in [0.25, 0.3) is 5.56 Å². The highest BCUT2D eigenvalue weighted by molar-refractivity contribution is 4.90. The molecular formula is C6H7NO3. The third kappa shape index (κ3) is 1.00. The van der Waals surface area contributed by atoms with E-state index < -0.39 is 5.76 Å². The second-order valence-electron chi connectivity index (χ2n) is 2.02. The Hall–Kier alpha value is -1.32. The van der Waals surface area contributed by atoms with Gasteiger partial charge in [-0.05, 0) is 6.92 Å². The van der Waals surface area contributed by atoms with Gasteiger partial charge in [-0.25, -0.2) is 9.36 Å². The standard InChI is InChI=1S/C6H7NO3/c1-4-3-5(8)7(2)6(9)10-4/h3H,1-2H3. The van der Waals surface area contributed by atoms with Gasteiger partial charge < -0.3 is 4.42 Å². The zero-order valence-electron chi connectivity index (χ0n) is 5.75. The molecule has 0 amide bonds. The number of aryl methyl sites for hydroxylation is 1. The van der Waals surface area contributed by atoms with Crippen LogP contribution < -0.4 is 11.3 Å². The van der Waals surface area contributed by atoms with Gasteiger partial charge in [-0.1, -0.05) is 0 Å². The smallest absolute Gasteiger partial charge is 0.415 e. The first kappa shape index (κ1) is 6.80. The van der Waals surface area contributed by atoms with Gasteiger partial charge in [0.15, 0.2) is 0 Å². The zero-order valence-corrected chi connectivity index (χ0v) is 5.75. The van der Waals surface area contributed by atoms with Crippen LogP contribution in [0.5, 0.6) is 0 Å². The molecule has 4 heteroatoms. The maximum atomic E-state index is 10.8. The molecule has 0 fully saturated rings. The van der Waals surface area contributed by atoms with Crippen molar-refractivity contribution in [3.63, 3.8) is 0 Å². The fourth-order valence-corrected chi connectivity index (χ4v) is 0.596. The Bertz CT molecular complexity index is 315. The van der Waals surface area contributed by atoms with Crippen molar-refractivity contribution in [1.29, 1.82) is 0 Å². The van der Waals surface area contributed by atoms with Crippen molar-refractivity contribution in [3.8, 4) is 0 Å². The number of aromatic nitrogens is 1. The molecule has 0 saturated carbocycles. The van der Waals surface area contributed by atoms with Gasteiger partial charge >= 0.3 is 5.76 Å². The van der Waals surface area contributed by atoms with E-state index in [9.17, 15) is 9.59 Å². The molecular weight excluding hydrogens is 134 g/mol. The van der Waals surface area contributed by atoms with Gasteiger partial charge in [-0.2, -0.15) is 0 Å². The van der Waals surface area contributed by atoms with Crippen molar-refractivity contribution in [2.75, 3.05) is 0 Å². The summed E-state index contributed by atoms with van der Waals surface area (Å²) in [5.74, 6) is -0.280. The third-order valence-electron chi connectivity index (χ3n) is 1.18. The first-order valence-corrected chi connectivity index (χ1v) is 2.79. The lowest BCUT2D eigenvalue weighted by molar-refractivity contribution is 0.418. The van der Waals surface area contributed by atoms with Crippen LogP contribution in [-0.2, 0) is 7.05 Å². The highest BCUT2D eigenvalue weighted by Gasteiger charge is 1.96. The number of hydrogen-bond donors (Lipinski definition) is 0. The summed E-state index contributed by atoms with van der Waals surface area (Å²) >= 11 is 0. The first-order valence-electron chi connectivity index (χ1n) is 2.79. The van der Waals surface area contributed by atoms with Crippen LogP contribution in [0.3, 0.4) is 0 Å². The Balaban J connectivity index is 3.62. The average molecular weight is 141 g/mol. The molecule has 10 heavy (non-hydrogen) atoms. The minimum atomic E-state index is -0.620. The van der Waals surface area contributed by atoms with Crippen LogP contribution >= 0.6 is 0 Å². The third-order valence-corrected chi connectivity index (χ3v) is 1.18. The van der Waals surface area contributed by atoms with Crippen molar-refractivity contribution in [3.05, 3.63) is 32.7 Å². The molecule has 4 nitrogen and oxygen atoms in total. The van der Waals surface area contributed by atoms with E-state index >= 15 is 0 Å². The van der Waals surface area contributed by atoms with Crippen LogP contribution in [0.2, 0.25) is 0 Å². The molecule has 0 spiro atoms. The summed E-state index contributed by atoms with van der Waals surface area (Å²) in [4.78, 5) is 21.4. The minimum absolute atomic E-state index is 0.339. The van der Waals surface area contributed by atoms with Gasteiger partial charge in [0.05, 0.1) is 0 Å². The van der Waals surface area contributed by atoms with E-state index in [1.807, 2.05) is 0 Å². The zero-order chi connectivity index (χ0) is 7.72. The van der Waals surface area contributed by atoms with Gasteiger partial charge in [-0.3, -0.25) is 4.79 Å². The summed E-state index contributed by atoms with van der Waals surface area (Å²) in [6, 6.07) is 1.27. The molecule has 0 atom stereocenters. The molecule has 0 bridgehead atoms.